The normalized spacial score (nSPS) is 23.6. The molecule has 0 bridgehead atoms. The zero-order valence-electron chi connectivity index (χ0n) is 32.9. The van der Waals surface area contributed by atoms with Crippen LogP contribution in [0.2, 0.25) is 0 Å². The van der Waals surface area contributed by atoms with Crippen molar-refractivity contribution in [3.63, 3.8) is 0 Å². The van der Waals surface area contributed by atoms with E-state index < -0.39 is 79.3 Å². The number of nitrogens with zero attached hydrogens (tertiary/aromatic N) is 2. The van der Waals surface area contributed by atoms with Gasteiger partial charge in [-0.05, 0) is 61.2 Å². The molecule has 0 spiro atoms. The number of hydrogen-bond acceptors (Lipinski definition) is 7. The summed E-state index contributed by atoms with van der Waals surface area (Å²) in [7, 11) is -2.19. The smallest absolute Gasteiger partial charge is 0.315 e. The topological polar surface area (TPSA) is 174 Å². The lowest BCUT2D eigenvalue weighted by atomic mass is 9.80. The van der Waals surface area contributed by atoms with Gasteiger partial charge >= 0.3 is 6.03 Å². The average Bonchev–Trinajstić information content (AvgIpc) is 3.28. The minimum atomic E-state index is -3.68. The first-order valence-electron chi connectivity index (χ1n) is 18.2. The van der Waals surface area contributed by atoms with E-state index in [-0.39, 0.29) is 36.3 Å². The third-order valence-corrected chi connectivity index (χ3v) is 13.7. The lowest BCUT2D eigenvalue weighted by Gasteiger charge is -2.39. The first kappa shape index (κ1) is 42.4. The number of Topliss-reactive ketones (excluding diaryl/α,β-unsaturated/α-hetero) is 1. The summed E-state index contributed by atoms with van der Waals surface area (Å²) in [4.78, 5) is 69.8. The van der Waals surface area contributed by atoms with Gasteiger partial charge in [0.2, 0.25) is 27.6 Å². The molecule has 3 aliphatic rings. The Balaban J connectivity index is 1.85. The minimum Gasteiger partial charge on any atom is -0.346 e. The molecule has 2 saturated carbocycles. The second-order valence-electron chi connectivity index (χ2n) is 18.6. The van der Waals surface area contributed by atoms with E-state index in [0.717, 1.165) is 19.3 Å². The highest BCUT2D eigenvalue weighted by Gasteiger charge is 2.70. The number of likely N-dealkylation sites (N-methyl/N-ethyl adjacent to an activating group) is 1. The van der Waals surface area contributed by atoms with Crippen molar-refractivity contribution >= 4 is 39.6 Å². The van der Waals surface area contributed by atoms with E-state index in [0.29, 0.717) is 13.0 Å². The second kappa shape index (κ2) is 15.2. The van der Waals surface area contributed by atoms with Crippen LogP contribution in [0.4, 0.5) is 4.79 Å². The van der Waals surface area contributed by atoms with Crippen LogP contribution in [0.5, 0.6) is 0 Å². The monoisotopic (exact) mass is 736 g/mol. The molecule has 4 N–H and O–H groups in total. The van der Waals surface area contributed by atoms with Crippen molar-refractivity contribution in [2.75, 3.05) is 26.7 Å². The Hall–Kier alpha value is -3.00. The zero-order chi connectivity index (χ0) is 39.1. The van der Waals surface area contributed by atoms with Gasteiger partial charge in [0.25, 0.3) is 5.91 Å². The van der Waals surface area contributed by atoms with Crippen LogP contribution >= 0.6 is 0 Å². The maximum atomic E-state index is 14.5. The summed E-state index contributed by atoms with van der Waals surface area (Å²) in [5.74, 6) is -2.31. The summed E-state index contributed by atoms with van der Waals surface area (Å²) < 4.78 is 26.5. The SMILES string of the molecule is C=CCNC(=O)C(=O)C(CC1CCC1)NC(=O)[C@@H]1[C@@H]2[C@H](CN1C(=O)[C@@H](NC(=O)N[C@H](CN(C)S(=O)(=O)C(C)(C)C)C(C)(C)C)C(C)(C)C)C2(C)C. The van der Waals surface area contributed by atoms with Crippen LogP contribution in [0, 0.1) is 34.0 Å². The number of ketones is 1. The van der Waals surface area contributed by atoms with Gasteiger partial charge in [0.05, 0.1) is 10.8 Å². The zero-order valence-corrected chi connectivity index (χ0v) is 33.8. The molecule has 6 atom stereocenters. The number of sulfonamides is 1. The third kappa shape index (κ3) is 9.52. The van der Waals surface area contributed by atoms with Gasteiger partial charge in [-0.15, -0.1) is 6.58 Å². The summed E-state index contributed by atoms with van der Waals surface area (Å²) in [6.07, 6.45) is 4.68. The van der Waals surface area contributed by atoms with Crippen molar-refractivity contribution in [2.24, 2.45) is 34.0 Å². The number of urea groups is 1. The number of rotatable bonds is 14. The number of likely N-dealkylation sites (tertiary alicyclic amines) is 1. The fourth-order valence-electron chi connectivity index (χ4n) is 7.28. The van der Waals surface area contributed by atoms with Gasteiger partial charge in [-0.3, -0.25) is 19.2 Å². The lowest BCUT2D eigenvalue weighted by molar-refractivity contribution is -0.145. The Morgan fingerprint density at radius 2 is 1.53 bits per heavy atom. The molecule has 0 aromatic carbocycles. The molecule has 14 heteroatoms. The predicted molar refractivity (Wildman–Crippen MR) is 198 cm³/mol. The minimum absolute atomic E-state index is 0.0177. The molecule has 51 heavy (non-hydrogen) atoms. The number of piperidine rings is 1. The van der Waals surface area contributed by atoms with E-state index in [1.165, 1.54) is 22.3 Å². The number of carbonyl (C=O) groups excluding carboxylic acids is 5. The van der Waals surface area contributed by atoms with Crippen LogP contribution in [0.15, 0.2) is 12.7 Å². The molecule has 1 heterocycles. The summed E-state index contributed by atoms with van der Waals surface area (Å²) in [5, 5.41) is 11.2. The fourth-order valence-corrected chi connectivity index (χ4v) is 8.56. The summed E-state index contributed by atoms with van der Waals surface area (Å²) in [6.45, 7) is 24.2. The van der Waals surface area contributed by atoms with Gasteiger partial charge in [-0.25, -0.2) is 17.5 Å². The predicted octanol–water partition coefficient (Wildman–Crippen LogP) is 3.20. The number of amides is 5. The molecule has 2 aliphatic carbocycles. The van der Waals surface area contributed by atoms with E-state index in [1.807, 2.05) is 41.5 Å². The molecule has 3 rings (SSSR count). The Bertz CT molecular complexity index is 1470. The molecular formula is C37H64N6O7S. The van der Waals surface area contributed by atoms with Gasteiger partial charge in [0.1, 0.15) is 12.1 Å². The van der Waals surface area contributed by atoms with Crippen molar-refractivity contribution < 1.29 is 32.4 Å². The van der Waals surface area contributed by atoms with Crippen molar-refractivity contribution in [2.45, 2.75) is 131 Å². The largest absolute Gasteiger partial charge is 0.346 e. The van der Waals surface area contributed by atoms with Gasteiger partial charge < -0.3 is 26.2 Å². The highest BCUT2D eigenvalue weighted by atomic mass is 32.2. The molecule has 3 fully saturated rings. The second-order valence-corrected chi connectivity index (χ2v) is 21.4. The molecule has 0 radical (unpaired) electrons. The molecule has 5 amide bonds. The Labute approximate surface area is 305 Å². The van der Waals surface area contributed by atoms with Crippen LogP contribution in [0.3, 0.4) is 0 Å². The van der Waals surface area contributed by atoms with Gasteiger partial charge in [-0.1, -0.05) is 80.7 Å². The molecule has 0 aromatic heterocycles. The molecular weight excluding hydrogens is 673 g/mol. The van der Waals surface area contributed by atoms with Crippen LogP contribution in [-0.4, -0.2) is 103 Å². The van der Waals surface area contributed by atoms with E-state index in [9.17, 15) is 32.4 Å². The molecule has 1 aliphatic heterocycles. The highest BCUT2D eigenvalue weighted by Crippen LogP contribution is 2.65. The average molecular weight is 737 g/mol. The Morgan fingerprint density at radius 3 is 2.00 bits per heavy atom. The summed E-state index contributed by atoms with van der Waals surface area (Å²) in [6, 6.07) is -4.20. The van der Waals surface area contributed by atoms with E-state index in [1.54, 1.807) is 20.8 Å². The molecule has 13 nitrogen and oxygen atoms in total. The van der Waals surface area contributed by atoms with Crippen molar-refractivity contribution in [3.05, 3.63) is 12.7 Å². The number of carbonyl (C=O) groups is 5. The van der Waals surface area contributed by atoms with Gasteiger partial charge in [0.15, 0.2) is 0 Å². The van der Waals surface area contributed by atoms with Crippen LogP contribution < -0.4 is 21.3 Å². The van der Waals surface area contributed by atoms with Crippen LogP contribution in [-0.2, 0) is 29.2 Å². The van der Waals surface area contributed by atoms with Gasteiger partial charge in [-0.2, -0.15) is 0 Å². The Morgan fingerprint density at radius 1 is 0.941 bits per heavy atom. The quantitative estimate of drug-likeness (QED) is 0.157. The fraction of sp³-hybridized carbons (Fsp3) is 0.811. The molecule has 1 saturated heterocycles. The van der Waals surface area contributed by atoms with Crippen LogP contribution in [0.1, 0.15) is 102 Å². The van der Waals surface area contributed by atoms with Crippen molar-refractivity contribution in [1.82, 2.24) is 30.5 Å². The lowest BCUT2D eigenvalue weighted by Crippen LogP contribution is -2.63. The molecule has 0 aromatic rings. The summed E-state index contributed by atoms with van der Waals surface area (Å²) in [5.41, 5.74) is -1.52. The molecule has 1 unspecified atom stereocenters. The van der Waals surface area contributed by atoms with Crippen molar-refractivity contribution in [3.8, 4) is 0 Å². The Kier molecular flexibility index (Phi) is 12.6. The maximum absolute atomic E-state index is 14.5. The first-order valence-corrected chi connectivity index (χ1v) is 19.7. The molecule has 290 valence electrons. The maximum Gasteiger partial charge on any atom is 0.315 e. The van der Waals surface area contributed by atoms with Crippen molar-refractivity contribution in [1.29, 1.82) is 0 Å². The highest BCUT2D eigenvalue weighted by molar-refractivity contribution is 7.90. The van der Waals surface area contributed by atoms with E-state index >= 15 is 0 Å². The first-order chi connectivity index (χ1) is 23.2. The number of nitrogens with one attached hydrogen (secondary N) is 4. The standard InChI is InChI=1S/C37H64N6O7S/c1-14-18-38-31(46)28(44)24(19-22-16-15-17-22)39-30(45)27-26-23(37(26,11)12)20-43(27)32(47)29(35(5,6)7)41-33(48)40-25(34(2,3)4)21-42(13)51(49,50)36(8,9)10/h14,22-27,29H,1,15-21H2,2-13H3,(H,38,46)(H,39,45)(H2,40,41,48)/t23-,24?,25+,26-,27-,29+/m0/s1. The van der Waals surface area contributed by atoms with E-state index in [4.69, 9.17) is 0 Å². The van der Waals surface area contributed by atoms with Gasteiger partial charge in [0, 0.05) is 32.7 Å². The van der Waals surface area contributed by atoms with E-state index in [2.05, 4.69) is 41.7 Å². The summed E-state index contributed by atoms with van der Waals surface area (Å²) >= 11 is 0. The number of fused-ring (bicyclic) bond motifs is 1. The third-order valence-electron chi connectivity index (χ3n) is 11.2. The number of hydrogen-bond donors (Lipinski definition) is 4. The van der Waals surface area contributed by atoms with Crippen LogP contribution in [0.25, 0.3) is 0 Å².